The molecule has 3 aromatic rings. The van der Waals surface area contributed by atoms with Crippen molar-refractivity contribution in [1.82, 2.24) is 9.47 Å². The zero-order valence-corrected chi connectivity index (χ0v) is 17.3. The molecule has 0 spiro atoms. The lowest BCUT2D eigenvalue weighted by Gasteiger charge is -2.18. The van der Waals surface area contributed by atoms with Crippen molar-refractivity contribution in [3.8, 4) is 5.69 Å². The molecular formula is C26H28N2O. The number of hydrogen-bond donors (Lipinski definition) is 0. The largest absolute Gasteiger partial charge is 0.300 e. The Morgan fingerprint density at radius 2 is 1.52 bits per heavy atom. The second kappa shape index (κ2) is 9.85. The van der Waals surface area contributed by atoms with Gasteiger partial charge in [-0.05, 0) is 55.8 Å². The maximum absolute atomic E-state index is 12.6. The van der Waals surface area contributed by atoms with Crippen LogP contribution in [-0.2, 0) is 0 Å². The number of nitrogens with zero attached hydrogens (tertiary/aromatic N) is 2. The molecule has 0 radical (unpaired) electrons. The van der Waals surface area contributed by atoms with Crippen molar-refractivity contribution in [2.24, 2.45) is 0 Å². The first-order valence-electron chi connectivity index (χ1n) is 9.96. The normalized spacial score (nSPS) is 11.9. The molecule has 0 aliphatic heterocycles. The van der Waals surface area contributed by atoms with E-state index in [1.54, 1.807) is 10.6 Å². The molecule has 0 aliphatic rings. The lowest BCUT2D eigenvalue weighted by Crippen LogP contribution is -2.26. The molecule has 29 heavy (non-hydrogen) atoms. The monoisotopic (exact) mass is 384 g/mol. The number of aromatic nitrogens is 1. The van der Waals surface area contributed by atoms with E-state index in [0.29, 0.717) is 6.04 Å². The van der Waals surface area contributed by atoms with Gasteiger partial charge in [-0.25, -0.2) is 0 Å². The summed E-state index contributed by atoms with van der Waals surface area (Å²) >= 11 is 0. The van der Waals surface area contributed by atoms with Gasteiger partial charge in [0.25, 0.3) is 5.56 Å². The Balaban J connectivity index is 1.70. The lowest BCUT2D eigenvalue weighted by atomic mass is 10.1. The van der Waals surface area contributed by atoms with Crippen LogP contribution in [0, 0.1) is 0 Å². The average molecular weight is 385 g/mol. The number of pyridine rings is 1. The highest BCUT2D eigenvalue weighted by Crippen LogP contribution is 2.11. The average Bonchev–Trinajstić information content (AvgIpc) is 2.73. The zero-order valence-electron chi connectivity index (χ0n) is 17.3. The smallest absolute Gasteiger partial charge is 0.255 e. The Hall–Kier alpha value is -3.17. The molecule has 0 saturated carbocycles. The number of benzene rings is 2. The van der Waals surface area contributed by atoms with Crippen LogP contribution >= 0.6 is 0 Å². The summed E-state index contributed by atoms with van der Waals surface area (Å²) in [6, 6.07) is 22.2. The zero-order chi connectivity index (χ0) is 20.6. The second-order valence-corrected chi connectivity index (χ2v) is 7.44. The van der Waals surface area contributed by atoms with Gasteiger partial charge in [0.05, 0.1) is 0 Å². The van der Waals surface area contributed by atoms with Gasteiger partial charge in [-0.2, -0.15) is 0 Å². The summed E-state index contributed by atoms with van der Waals surface area (Å²) in [4.78, 5) is 14.8. The van der Waals surface area contributed by atoms with E-state index in [-0.39, 0.29) is 5.56 Å². The molecule has 3 rings (SSSR count). The molecule has 0 N–H and O–H groups in total. The molecule has 2 aromatic carbocycles. The van der Waals surface area contributed by atoms with Gasteiger partial charge in [-0.3, -0.25) is 9.36 Å². The second-order valence-electron chi connectivity index (χ2n) is 7.44. The van der Waals surface area contributed by atoms with E-state index in [4.69, 9.17) is 0 Å². The molecule has 1 heterocycles. The first-order valence-corrected chi connectivity index (χ1v) is 9.96. The van der Waals surface area contributed by atoms with Gasteiger partial charge >= 0.3 is 0 Å². The molecule has 0 aliphatic carbocycles. The Bertz CT molecular complexity index is 1030. The van der Waals surface area contributed by atoms with Crippen molar-refractivity contribution >= 4 is 18.2 Å². The van der Waals surface area contributed by atoms with Crippen molar-refractivity contribution < 1.29 is 0 Å². The maximum Gasteiger partial charge on any atom is 0.255 e. The van der Waals surface area contributed by atoms with Gasteiger partial charge in [0.2, 0.25) is 0 Å². The number of likely N-dealkylation sites (N-methyl/N-ethyl adjacent to an activating group) is 1. The van der Waals surface area contributed by atoms with Crippen LogP contribution in [0.3, 0.4) is 0 Å². The predicted octanol–water partition coefficient (Wildman–Crippen LogP) is 5.36. The number of hydrogen-bond acceptors (Lipinski definition) is 2. The Morgan fingerprint density at radius 1 is 0.862 bits per heavy atom. The van der Waals surface area contributed by atoms with Gasteiger partial charge in [-0.15, -0.1) is 0 Å². The van der Waals surface area contributed by atoms with E-state index in [9.17, 15) is 4.79 Å². The van der Waals surface area contributed by atoms with E-state index >= 15 is 0 Å². The molecule has 0 amide bonds. The van der Waals surface area contributed by atoms with E-state index in [0.717, 1.165) is 28.9 Å². The van der Waals surface area contributed by atoms with Crippen LogP contribution in [0.25, 0.3) is 23.9 Å². The Labute approximate surface area is 173 Å². The molecule has 0 atom stereocenters. The molecule has 3 nitrogen and oxygen atoms in total. The minimum atomic E-state index is -0.0398. The fourth-order valence-electron chi connectivity index (χ4n) is 2.88. The minimum absolute atomic E-state index is 0.0398. The fraction of sp³-hybridized carbons (Fsp3) is 0.192. The van der Waals surface area contributed by atoms with Crippen molar-refractivity contribution in [3.63, 3.8) is 0 Å². The van der Waals surface area contributed by atoms with Crippen LogP contribution in [-0.4, -0.2) is 29.1 Å². The van der Waals surface area contributed by atoms with E-state index in [2.05, 4.69) is 37.9 Å². The van der Waals surface area contributed by atoms with Gasteiger partial charge in [-0.1, -0.05) is 66.8 Å². The van der Waals surface area contributed by atoms with Crippen LogP contribution < -0.4 is 5.56 Å². The first-order chi connectivity index (χ1) is 14.0. The molecule has 148 valence electrons. The Kier molecular flexibility index (Phi) is 6.99. The summed E-state index contributed by atoms with van der Waals surface area (Å²) in [6.07, 6.45) is 10.1. The van der Waals surface area contributed by atoms with E-state index in [1.165, 1.54) is 0 Å². The van der Waals surface area contributed by atoms with Gasteiger partial charge in [0, 0.05) is 30.5 Å². The number of rotatable bonds is 7. The molecule has 1 aromatic heterocycles. The van der Waals surface area contributed by atoms with Crippen LogP contribution in [0.2, 0.25) is 0 Å². The molecule has 0 fully saturated rings. The minimum Gasteiger partial charge on any atom is -0.300 e. The fourth-order valence-corrected chi connectivity index (χ4v) is 2.88. The first kappa shape index (κ1) is 20.6. The third-order valence-electron chi connectivity index (χ3n) is 4.97. The maximum atomic E-state index is 12.6. The van der Waals surface area contributed by atoms with Crippen LogP contribution in [0.15, 0.2) is 83.8 Å². The summed E-state index contributed by atoms with van der Waals surface area (Å²) in [5.74, 6) is 0. The molecule has 0 bridgehead atoms. The molecule has 0 unspecified atom stereocenters. The van der Waals surface area contributed by atoms with Crippen molar-refractivity contribution in [2.75, 3.05) is 13.6 Å². The van der Waals surface area contributed by atoms with Gasteiger partial charge < -0.3 is 4.90 Å². The standard InChI is InChI=1S/C26H28N2O/c1-21(2)27(3)18-7-10-23-13-15-25(16-14-23)28-19-17-24(20-26(28)29)12-11-22-8-5-4-6-9-22/h4-17,19-21H,18H2,1-3H3/b10-7+,12-11?. The third-order valence-corrected chi connectivity index (χ3v) is 4.97. The van der Waals surface area contributed by atoms with Crippen molar-refractivity contribution in [3.05, 3.63) is 106 Å². The third kappa shape index (κ3) is 5.90. The van der Waals surface area contributed by atoms with Crippen LogP contribution in [0.4, 0.5) is 0 Å². The summed E-state index contributed by atoms with van der Waals surface area (Å²) in [5, 5.41) is 0. The molecular weight excluding hydrogens is 356 g/mol. The molecule has 3 heteroatoms. The SMILES string of the molecule is CC(C)N(C)C/C=C/c1ccc(-n2ccc(C=Cc3ccccc3)cc2=O)cc1. The van der Waals surface area contributed by atoms with Crippen molar-refractivity contribution in [2.45, 2.75) is 19.9 Å². The van der Waals surface area contributed by atoms with Crippen LogP contribution in [0.1, 0.15) is 30.5 Å². The Morgan fingerprint density at radius 3 is 2.17 bits per heavy atom. The van der Waals surface area contributed by atoms with E-state index in [1.807, 2.05) is 79.0 Å². The van der Waals surface area contributed by atoms with Gasteiger partial charge in [0.1, 0.15) is 0 Å². The highest BCUT2D eigenvalue weighted by Gasteiger charge is 2.01. The summed E-state index contributed by atoms with van der Waals surface area (Å²) < 4.78 is 1.67. The molecule has 0 saturated heterocycles. The highest BCUT2D eigenvalue weighted by molar-refractivity contribution is 5.69. The highest BCUT2D eigenvalue weighted by atomic mass is 16.1. The summed E-state index contributed by atoms with van der Waals surface area (Å²) in [6.45, 7) is 5.28. The predicted molar refractivity (Wildman–Crippen MR) is 124 cm³/mol. The van der Waals surface area contributed by atoms with Gasteiger partial charge in [0.15, 0.2) is 0 Å². The van der Waals surface area contributed by atoms with E-state index < -0.39 is 0 Å². The topological polar surface area (TPSA) is 25.2 Å². The lowest BCUT2D eigenvalue weighted by molar-refractivity contribution is 0.303. The summed E-state index contributed by atoms with van der Waals surface area (Å²) in [5.41, 5.74) is 3.96. The van der Waals surface area contributed by atoms with Crippen LogP contribution in [0.5, 0.6) is 0 Å². The quantitative estimate of drug-likeness (QED) is 0.548. The summed E-state index contributed by atoms with van der Waals surface area (Å²) in [7, 11) is 2.11. The van der Waals surface area contributed by atoms with Crippen molar-refractivity contribution in [1.29, 1.82) is 0 Å².